The molecule has 5 aromatic rings. The minimum absolute atomic E-state index is 0.00227. The monoisotopic (exact) mass is 1120 g/mol. The SMILES string of the molecule is CC1=NS(=O)(=O)c2ccccc21.CC1=Nc2ccccc2C1(C)C.COC(=O)CN=C1c2ccccc2CC1(C)C.COc1cc2c(cc1OC)C(C)=NCC2.COc1cc2c(cc1OC)C(C)=[N+](C=O)CC2.N=C1CCCC(N)=N1. The second-order valence-electron chi connectivity index (χ2n) is 20.9. The summed E-state index contributed by atoms with van der Waals surface area (Å²) in [5, 5.41) is 7.05. The lowest BCUT2D eigenvalue weighted by molar-refractivity contribution is -0.434. The van der Waals surface area contributed by atoms with Crippen LogP contribution in [0.15, 0.2) is 126 Å². The van der Waals surface area contributed by atoms with Crippen molar-refractivity contribution in [3.63, 3.8) is 0 Å². The van der Waals surface area contributed by atoms with E-state index in [2.05, 4.69) is 94.1 Å². The summed E-state index contributed by atoms with van der Waals surface area (Å²) < 4.78 is 53.6. The van der Waals surface area contributed by atoms with Crippen molar-refractivity contribution in [2.75, 3.05) is 55.2 Å². The molecule has 11 rings (SSSR count). The standard InChI is InChI=1S/C14H17NO2.C13H16NO3.C12H15NO2.C11H13N.C8H7NO2S.C5H9N3/c1-14(2)8-10-6-4-5-7-11(10)13(14)15-9-12(16)17-3;1-9-11-7-13(17-3)12(16-2)6-10(11)4-5-14(9)8-15;1-8-10-7-12(15-3)11(14-2)6-9(10)4-5-13-8;1-8-11(2,3)9-6-4-5-7-10(9)12-8;1-6-7-4-2-3-5-8(7)12(10,11)9-6;6-4-2-1-3-5(7)8-4/h4-7H,8-9H2,1-3H3;6-8H,4-5H2,1-3H3;6-7H,4-5H2,1-3H3;4-7H,1-3H3;2-5H,1H3;1-3H2,(H3,6,7,8)/q;+1;;;;. The number of rotatable bonds is 7. The van der Waals surface area contributed by atoms with Crippen molar-refractivity contribution in [1.29, 1.82) is 5.41 Å². The van der Waals surface area contributed by atoms with Gasteiger partial charge in [0.25, 0.3) is 10.0 Å². The first-order valence-electron chi connectivity index (χ1n) is 26.8. The third-order valence-electron chi connectivity index (χ3n) is 14.8. The number of hydrogen-bond donors (Lipinski definition) is 2. The Kier molecular flexibility index (Phi) is 21.0. The number of hydrogen-bond acceptors (Lipinski definition) is 14. The minimum atomic E-state index is -3.37. The summed E-state index contributed by atoms with van der Waals surface area (Å²) in [6, 6.07) is 31.4. The number of fused-ring (bicyclic) bond motifs is 5. The molecule has 5 aliphatic heterocycles. The quantitative estimate of drug-likeness (QED) is 0.0890. The van der Waals surface area contributed by atoms with Gasteiger partial charge in [0, 0.05) is 77.4 Å². The number of ether oxygens (including phenoxy) is 5. The maximum Gasteiger partial charge on any atom is 0.375 e. The van der Waals surface area contributed by atoms with Crippen LogP contribution in [-0.2, 0) is 49.0 Å². The molecule has 428 valence electrons. The normalized spacial score (nSPS) is 17.2. The number of para-hydroxylation sites is 1. The van der Waals surface area contributed by atoms with Crippen LogP contribution in [0.5, 0.6) is 23.0 Å². The Balaban J connectivity index is 0.000000159. The lowest BCUT2D eigenvalue weighted by atomic mass is 9.82. The Morgan fingerprint density at radius 2 is 1.28 bits per heavy atom. The molecule has 6 aliphatic rings. The molecular weight excluding hydrogens is 1040 g/mol. The first-order valence-corrected chi connectivity index (χ1v) is 28.2. The van der Waals surface area contributed by atoms with Crippen molar-refractivity contribution in [3.8, 4) is 23.0 Å². The number of nitrogens with zero attached hydrogens (tertiary/aromatic N) is 6. The van der Waals surface area contributed by atoms with Gasteiger partial charge in [0.1, 0.15) is 18.2 Å². The lowest BCUT2D eigenvalue weighted by Gasteiger charge is -2.19. The molecule has 5 heterocycles. The fourth-order valence-corrected chi connectivity index (χ4v) is 11.3. The highest BCUT2D eigenvalue weighted by Gasteiger charge is 2.35. The van der Waals surface area contributed by atoms with E-state index in [9.17, 15) is 18.0 Å². The Morgan fingerprint density at radius 3 is 1.86 bits per heavy atom. The zero-order valence-electron chi connectivity index (χ0n) is 49.0. The van der Waals surface area contributed by atoms with Crippen LogP contribution in [0.1, 0.15) is 119 Å². The minimum Gasteiger partial charge on any atom is -0.493 e. The van der Waals surface area contributed by atoms with E-state index in [1.807, 2.05) is 56.3 Å². The van der Waals surface area contributed by atoms with Crippen molar-refractivity contribution >= 4 is 68.3 Å². The van der Waals surface area contributed by atoms with Gasteiger partial charge in [0.05, 0.1) is 51.8 Å². The highest BCUT2D eigenvalue weighted by molar-refractivity contribution is 7.90. The summed E-state index contributed by atoms with van der Waals surface area (Å²) in [6.45, 7) is 18.2. The molecule has 0 saturated carbocycles. The zero-order chi connectivity index (χ0) is 59.2. The summed E-state index contributed by atoms with van der Waals surface area (Å²) in [7, 11) is 4.57. The summed E-state index contributed by atoms with van der Waals surface area (Å²) in [6.07, 6.45) is 6.31. The molecule has 1 aliphatic carbocycles. The highest BCUT2D eigenvalue weighted by Crippen LogP contribution is 2.40. The van der Waals surface area contributed by atoms with Gasteiger partial charge in [-0.05, 0) is 104 Å². The molecule has 0 radical (unpaired) electrons. The van der Waals surface area contributed by atoms with Crippen LogP contribution < -0.4 is 24.7 Å². The Morgan fingerprint density at radius 1 is 0.704 bits per heavy atom. The maximum absolute atomic E-state index is 11.3. The molecule has 81 heavy (non-hydrogen) atoms. The van der Waals surface area contributed by atoms with Crippen molar-refractivity contribution < 1.29 is 46.3 Å². The molecule has 0 spiro atoms. The molecular formula is C63H77N8O9S+. The predicted octanol–water partition coefficient (Wildman–Crippen LogP) is 10.3. The number of amidine groups is 2. The third-order valence-corrected chi connectivity index (χ3v) is 16.2. The number of carbonyl (C=O) groups is 2. The van der Waals surface area contributed by atoms with E-state index in [1.54, 1.807) is 64.2 Å². The summed E-state index contributed by atoms with van der Waals surface area (Å²) in [5.41, 5.74) is 20.7. The van der Waals surface area contributed by atoms with Crippen LogP contribution in [0.25, 0.3) is 0 Å². The van der Waals surface area contributed by atoms with Crippen LogP contribution in [-0.4, -0.2) is 121 Å². The van der Waals surface area contributed by atoms with Crippen molar-refractivity contribution in [2.24, 2.45) is 35.5 Å². The Hall–Kier alpha value is -8.12. The number of aliphatic imine (C=N–C) groups is 4. The van der Waals surface area contributed by atoms with Crippen LogP contribution in [0.4, 0.5) is 5.69 Å². The van der Waals surface area contributed by atoms with Gasteiger partial charge < -0.3 is 29.4 Å². The smallest absolute Gasteiger partial charge is 0.375 e. The molecule has 0 unspecified atom stereocenters. The molecule has 3 N–H and O–H groups in total. The molecule has 0 atom stereocenters. The molecule has 0 saturated heterocycles. The summed E-state index contributed by atoms with van der Waals surface area (Å²) in [5.74, 6) is 3.74. The number of methoxy groups -OCH3 is 5. The second kappa shape index (κ2) is 27.4. The number of carbonyl (C=O) groups excluding carboxylic acids is 2. The van der Waals surface area contributed by atoms with Gasteiger partial charge in [-0.25, -0.2) is 9.79 Å². The average Bonchev–Trinajstić information content (AvgIpc) is 3.97. The topological polar surface area (TPSA) is 229 Å². The van der Waals surface area contributed by atoms with Crippen molar-refractivity contribution in [2.45, 2.75) is 104 Å². The molecule has 0 aromatic heterocycles. The fourth-order valence-electron chi connectivity index (χ4n) is 10.00. The molecule has 17 nitrogen and oxygen atoms in total. The van der Waals surface area contributed by atoms with Gasteiger partial charge in [-0.1, -0.05) is 88.4 Å². The van der Waals surface area contributed by atoms with Gasteiger partial charge in [-0.15, -0.1) is 0 Å². The van der Waals surface area contributed by atoms with E-state index >= 15 is 0 Å². The van der Waals surface area contributed by atoms with Gasteiger partial charge in [-0.2, -0.15) is 17.4 Å². The number of amides is 1. The Bertz CT molecular complexity index is 3480. The number of nitrogens with two attached hydrogens (primary N) is 1. The number of esters is 1. The predicted molar refractivity (Wildman–Crippen MR) is 323 cm³/mol. The molecule has 5 aromatic carbocycles. The van der Waals surface area contributed by atoms with E-state index in [0.29, 0.717) is 28.0 Å². The van der Waals surface area contributed by atoms with Gasteiger partial charge in [0.15, 0.2) is 35.3 Å². The summed E-state index contributed by atoms with van der Waals surface area (Å²) >= 11 is 0. The number of benzene rings is 5. The molecule has 0 bridgehead atoms. The first-order chi connectivity index (χ1) is 38.5. The maximum atomic E-state index is 11.3. The van der Waals surface area contributed by atoms with Crippen LogP contribution >= 0.6 is 0 Å². The Labute approximate surface area is 477 Å². The lowest BCUT2D eigenvalue weighted by Crippen LogP contribution is -2.27. The second-order valence-corrected chi connectivity index (χ2v) is 22.5. The first kappa shape index (κ1) is 62.1. The van der Waals surface area contributed by atoms with E-state index in [1.165, 1.54) is 46.2 Å². The van der Waals surface area contributed by atoms with Crippen molar-refractivity contribution in [1.82, 2.24) is 0 Å². The van der Waals surface area contributed by atoms with Crippen LogP contribution in [0.2, 0.25) is 0 Å². The van der Waals surface area contributed by atoms with Gasteiger partial charge >= 0.3 is 12.4 Å². The van der Waals surface area contributed by atoms with E-state index in [0.717, 1.165) is 109 Å². The van der Waals surface area contributed by atoms with Crippen LogP contribution in [0, 0.1) is 10.8 Å². The fraction of sp³-hybridized carbons (Fsp3) is 0.381. The highest BCUT2D eigenvalue weighted by atomic mass is 32.2. The number of nitrogens with one attached hydrogen (secondary N) is 1. The molecule has 0 fully saturated rings. The van der Waals surface area contributed by atoms with Crippen LogP contribution in [0.3, 0.4) is 0 Å². The average molecular weight is 1120 g/mol. The zero-order valence-corrected chi connectivity index (χ0v) is 49.8. The summed E-state index contributed by atoms with van der Waals surface area (Å²) in [4.78, 5) is 39.5. The van der Waals surface area contributed by atoms with Crippen molar-refractivity contribution in [3.05, 3.63) is 142 Å². The molecule has 1 amide bonds. The van der Waals surface area contributed by atoms with E-state index in [4.69, 9.17) is 30.1 Å². The van der Waals surface area contributed by atoms with E-state index < -0.39 is 10.0 Å². The van der Waals surface area contributed by atoms with E-state index in [-0.39, 0.29) is 23.3 Å². The van der Waals surface area contributed by atoms with Gasteiger partial charge in [-0.3, -0.25) is 25.2 Å². The molecule has 18 heteroatoms. The number of sulfonamides is 1. The van der Waals surface area contributed by atoms with Gasteiger partial charge in [0.2, 0.25) is 0 Å². The largest absolute Gasteiger partial charge is 0.493 e. The third kappa shape index (κ3) is 15.0.